The fourth-order valence-corrected chi connectivity index (χ4v) is 1.17. The van der Waals surface area contributed by atoms with Gasteiger partial charge < -0.3 is 0 Å². The summed E-state index contributed by atoms with van der Waals surface area (Å²) in [6.07, 6.45) is 8.90. The highest BCUT2D eigenvalue weighted by Crippen LogP contribution is 2.30. The van der Waals surface area contributed by atoms with Crippen molar-refractivity contribution in [3.63, 3.8) is 0 Å². The van der Waals surface area contributed by atoms with E-state index in [1.165, 1.54) is 18.4 Å². The Hall–Kier alpha value is -0.650. The normalized spacial score (nSPS) is 18.8. The minimum atomic E-state index is 0.130. The molecular weight excluding hydrogens is 120 g/mol. The Morgan fingerprint density at radius 2 is 2.20 bits per heavy atom. The molecule has 0 aromatic carbocycles. The second-order valence-electron chi connectivity index (χ2n) is 3.54. The fraction of sp³-hybridized carbons (Fsp3) is 0.500. The van der Waals surface area contributed by atoms with Gasteiger partial charge in [-0.2, -0.15) is 0 Å². The smallest absolute Gasteiger partial charge is 0.0842 e. The molecule has 0 unspecified atom stereocenters. The number of allylic oxidation sites excluding steroid dienone is 4. The average molecular weight is 135 g/mol. The number of hydrogen-bond acceptors (Lipinski definition) is 0. The van der Waals surface area contributed by atoms with Crippen molar-refractivity contribution >= 4 is 0 Å². The summed E-state index contributed by atoms with van der Waals surface area (Å²) in [6, 6.07) is 0. The van der Waals surface area contributed by atoms with Crippen molar-refractivity contribution in [2.45, 2.75) is 26.7 Å². The number of rotatable bonds is 1. The van der Waals surface area contributed by atoms with Crippen molar-refractivity contribution < 1.29 is 0 Å². The molecule has 0 aliphatic heterocycles. The zero-order valence-corrected chi connectivity index (χ0v) is 6.85. The van der Waals surface area contributed by atoms with Crippen LogP contribution in [0.3, 0.4) is 0 Å². The second kappa shape index (κ2) is 2.53. The fourth-order valence-electron chi connectivity index (χ4n) is 1.17. The molecule has 0 bridgehead atoms. The zero-order chi connectivity index (χ0) is 7.61. The topological polar surface area (TPSA) is 0 Å². The summed E-state index contributed by atoms with van der Waals surface area (Å²) in [6.45, 7) is 8.42. The van der Waals surface area contributed by atoms with Crippen LogP contribution in [-0.2, 0) is 0 Å². The summed E-state index contributed by atoms with van der Waals surface area (Å²) in [7, 11) is 0. The Morgan fingerprint density at radius 3 is 2.50 bits per heavy atom. The van der Waals surface area contributed by atoms with Crippen molar-refractivity contribution in [2.75, 3.05) is 0 Å². The van der Waals surface area contributed by atoms with Gasteiger partial charge in [0.15, 0.2) is 0 Å². The van der Waals surface area contributed by atoms with Crippen molar-refractivity contribution in [3.8, 4) is 0 Å². The van der Waals surface area contributed by atoms with Crippen molar-refractivity contribution in [2.24, 2.45) is 5.41 Å². The summed E-state index contributed by atoms with van der Waals surface area (Å²) in [5, 5.41) is 0. The van der Waals surface area contributed by atoms with E-state index in [0.717, 1.165) is 0 Å². The van der Waals surface area contributed by atoms with E-state index < -0.39 is 0 Å². The predicted molar refractivity (Wildman–Crippen MR) is 45.6 cm³/mol. The van der Waals surface area contributed by atoms with Gasteiger partial charge in [-0.05, 0) is 32.3 Å². The van der Waals surface area contributed by atoms with Crippen molar-refractivity contribution in [1.29, 1.82) is 0 Å². The van der Waals surface area contributed by atoms with Gasteiger partial charge in [0, 0.05) is 0 Å². The van der Waals surface area contributed by atoms with Crippen LogP contribution < -0.4 is 0 Å². The lowest BCUT2D eigenvalue weighted by atomic mass is 9.82. The summed E-state index contributed by atoms with van der Waals surface area (Å²) in [5.41, 5.74) is 1.60. The molecule has 0 fully saturated rings. The van der Waals surface area contributed by atoms with Gasteiger partial charge in [0.05, 0.1) is 6.92 Å². The highest BCUT2D eigenvalue weighted by molar-refractivity contribution is 5.23. The summed E-state index contributed by atoms with van der Waals surface area (Å²) in [4.78, 5) is 0. The molecule has 0 saturated heterocycles. The van der Waals surface area contributed by atoms with Crippen molar-refractivity contribution in [1.82, 2.24) is 0 Å². The Bertz CT molecular complexity index is 165. The van der Waals surface area contributed by atoms with Gasteiger partial charge in [-0.1, -0.05) is 18.2 Å². The molecule has 1 rings (SSSR count). The van der Waals surface area contributed by atoms with E-state index in [2.05, 4.69) is 39.0 Å². The SMILES string of the molecule is [CH2+]C(C)(C)C1=CC=CCC1. The molecular formula is C10H15+. The Labute approximate surface area is 63.6 Å². The van der Waals surface area contributed by atoms with E-state index in [1.54, 1.807) is 0 Å². The molecule has 1 aliphatic rings. The van der Waals surface area contributed by atoms with Crippen LogP contribution in [0.1, 0.15) is 26.7 Å². The lowest BCUT2D eigenvalue weighted by Gasteiger charge is -2.17. The Kier molecular flexibility index (Phi) is 1.89. The van der Waals surface area contributed by atoms with E-state index in [1.807, 2.05) is 0 Å². The maximum Gasteiger partial charge on any atom is 0.121 e. The first-order chi connectivity index (χ1) is 4.61. The van der Waals surface area contributed by atoms with E-state index in [0.29, 0.717) is 0 Å². The molecule has 0 nitrogen and oxygen atoms in total. The quantitative estimate of drug-likeness (QED) is 0.484. The predicted octanol–water partition coefficient (Wildman–Crippen LogP) is 3.12. The first-order valence-corrected chi connectivity index (χ1v) is 3.82. The van der Waals surface area contributed by atoms with Crippen LogP contribution in [0.4, 0.5) is 0 Å². The molecule has 0 radical (unpaired) electrons. The first kappa shape index (κ1) is 7.46. The van der Waals surface area contributed by atoms with Gasteiger partial charge in [0.25, 0.3) is 0 Å². The van der Waals surface area contributed by atoms with Crippen LogP contribution in [0, 0.1) is 12.3 Å². The third kappa shape index (κ3) is 1.66. The largest absolute Gasteiger partial charge is 0.121 e. The van der Waals surface area contributed by atoms with Crippen LogP contribution in [0.5, 0.6) is 0 Å². The molecule has 0 aromatic heterocycles. The molecule has 0 atom stereocenters. The Morgan fingerprint density at radius 1 is 1.50 bits per heavy atom. The van der Waals surface area contributed by atoms with Crippen LogP contribution >= 0.6 is 0 Å². The minimum absolute atomic E-state index is 0.130. The third-order valence-electron chi connectivity index (χ3n) is 1.88. The maximum absolute atomic E-state index is 4.09. The van der Waals surface area contributed by atoms with Crippen molar-refractivity contribution in [3.05, 3.63) is 30.7 Å². The van der Waals surface area contributed by atoms with Crippen LogP contribution in [0.2, 0.25) is 0 Å². The molecule has 0 heterocycles. The molecule has 0 N–H and O–H groups in total. The first-order valence-electron chi connectivity index (χ1n) is 3.82. The van der Waals surface area contributed by atoms with E-state index >= 15 is 0 Å². The monoisotopic (exact) mass is 135 g/mol. The lowest BCUT2D eigenvalue weighted by Crippen LogP contribution is -2.10. The van der Waals surface area contributed by atoms with E-state index in [-0.39, 0.29) is 5.41 Å². The lowest BCUT2D eigenvalue weighted by molar-refractivity contribution is 0.545. The van der Waals surface area contributed by atoms with E-state index in [9.17, 15) is 0 Å². The van der Waals surface area contributed by atoms with Crippen LogP contribution in [0.25, 0.3) is 0 Å². The number of hydrogen-bond donors (Lipinski definition) is 0. The molecule has 0 heteroatoms. The second-order valence-corrected chi connectivity index (χ2v) is 3.54. The van der Waals surface area contributed by atoms with Gasteiger partial charge in [0.1, 0.15) is 5.41 Å². The molecule has 0 spiro atoms. The summed E-state index contributed by atoms with van der Waals surface area (Å²) >= 11 is 0. The highest BCUT2D eigenvalue weighted by Gasteiger charge is 2.23. The molecule has 0 aromatic rings. The van der Waals surface area contributed by atoms with Gasteiger partial charge in [-0.25, -0.2) is 0 Å². The van der Waals surface area contributed by atoms with E-state index in [4.69, 9.17) is 0 Å². The molecule has 0 amide bonds. The summed E-state index contributed by atoms with van der Waals surface area (Å²) in [5.74, 6) is 0. The average Bonchev–Trinajstić information content (AvgIpc) is 1.88. The van der Waals surface area contributed by atoms with Crippen LogP contribution in [0.15, 0.2) is 23.8 Å². The highest BCUT2D eigenvalue weighted by atomic mass is 14.2. The van der Waals surface area contributed by atoms with Crippen LogP contribution in [-0.4, -0.2) is 0 Å². The Balaban J connectivity index is 2.72. The van der Waals surface area contributed by atoms with Gasteiger partial charge in [-0.3, -0.25) is 0 Å². The minimum Gasteiger partial charge on any atom is -0.0842 e. The maximum atomic E-state index is 4.09. The molecule has 54 valence electrons. The van der Waals surface area contributed by atoms with Gasteiger partial charge in [-0.15, -0.1) is 0 Å². The third-order valence-corrected chi connectivity index (χ3v) is 1.88. The molecule has 10 heavy (non-hydrogen) atoms. The zero-order valence-electron chi connectivity index (χ0n) is 6.85. The van der Waals surface area contributed by atoms with Gasteiger partial charge >= 0.3 is 0 Å². The molecule has 0 saturated carbocycles. The molecule has 1 aliphatic carbocycles. The standard InChI is InChI=1S/C10H15/c1-10(2,3)9-7-5-4-6-8-9/h4-5,7H,1,6,8H2,2-3H3/q+1. The van der Waals surface area contributed by atoms with Gasteiger partial charge in [0.2, 0.25) is 0 Å². The summed E-state index contributed by atoms with van der Waals surface area (Å²) < 4.78 is 0.